The standard InChI is InChI=1S/C17H18N2O3S2/c1-12(14-6-4-3-5-7-14)11-18-24(20,21)17-9-8-16(23-17)15-10-13(2)19-22-15/h3-10,12,18H,11H2,1-2H3/t12-/m0/s1. The van der Waals surface area contributed by atoms with Crippen molar-refractivity contribution in [2.24, 2.45) is 0 Å². The van der Waals surface area contributed by atoms with Crippen molar-refractivity contribution < 1.29 is 12.9 Å². The van der Waals surface area contributed by atoms with Gasteiger partial charge in [-0.3, -0.25) is 0 Å². The van der Waals surface area contributed by atoms with Crippen LogP contribution in [0.1, 0.15) is 24.1 Å². The second kappa shape index (κ2) is 6.88. The summed E-state index contributed by atoms with van der Waals surface area (Å²) in [5.41, 5.74) is 1.86. The predicted molar refractivity (Wildman–Crippen MR) is 94.6 cm³/mol. The van der Waals surface area contributed by atoms with Crippen molar-refractivity contribution in [1.29, 1.82) is 0 Å². The number of benzene rings is 1. The number of rotatable bonds is 6. The summed E-state index contributed by atoms with van der Waals surface area (Å²) in [4.78, 5) is 0.743. The van der Waals surface area contributed by atoms with E-state index in [1.54, 1.807) is 18.2 Å². The van der Waals surface area contributed by atoms with Crippen molar-refractivity contribution in [1.82, 2.24) is 9.88 Å². The summed E-state index contributed by atoms with van der Waals surface area (Å²) < 4.78 is 33.1. The van der Waals surface area contributed by atoms with Gasteiger partial charge >= 0.3 is 0 Å². The van der Waals surface area contributed by atoms with Crippen LogP contribution in [0.4, 0.5) is 0 Å². The van der Waals surface area contributed by atoms with Crippen LogP contribution in [-0.2, 0) is 10.0 Å². The normalized spacial score (nSPS) is 13.1. The summed E-state index contributed by atoms with van der Waals surface area (Å²) >= 11 is 1.17. The first kappa shape index (κ1) is 16.9. The number of sulfonamides is 1. The van der Waals surface area contributed by atoms with Gasteiger partial charge in [0.15, 0.2) is 5.76 Å². The minimum Gasteiger partial charge on any atom is -0.355 e. The van der Waals surface area contributed by atoms with E-state index in [2.05, 4.69) is 9.88 Å². The molecule has 0 saturated carbocycles. The molecule has 0 spiro atoms. The Bertz CT molecular complexity index is 914. The van der Waals surface area contributed by atoms with Crippen LogP contribution >= 0.6 is 11.3 Å². The number of hydrogen-bond donors (Lipinski definition) is 1. The lowest BCUT2D eigenvalue weighted by Crippen LogP contribution is -2.27. The monoisotopic (exact) mass is 362 g/mol. The van der Waals surface area contributed by atoms with Crippen LogP contribution in [0.25, 0.3) is 10.6 Å². The number of thiophene rings is 1. The predicted octanol–water partition coefficient (Wildman–Crippen LogP) is 3.79. The maximum atomic E-state index is 12.5. The first-order chi connectivity index (χ1) is 11.5. The number of nitrogens with zero attached hydrogens (tertiary/aromatic N) is 1. The SMILES string of the molecule is Cc1cc(-c2ccc(S(=O)(=O)NC[C@H](C)c3ccccc3)s2)on1. The van der Waals surface area contributed by atoms with Gasteiger partial charge < -0.3 is 4.52 Å². The van der Waals surface area contributed by atoms with Gasteiger partial charge in [0.25, 0.3) is 0 Å². The van der Waals surface area contributed by atoms with Gasteiger partial charge in [-0.1, -0.05) is 42.4 Å². The van der Waals surface area contributed by atoms with Crippen LogP contribution in [0.5, 0.6) is 0 Å². The highest BCUT2D eigenvalue weighted by Gasteiger charge is 2.19. The highest BCUT2D eigenvalue weighted by atomic mass is 32.2. The Labute approximate surface area is 145 Å². The lowest BCUT2D eigenvalue weighted by Gasteiger charge is -2.12. The molecule has 3 aromatic rings. The lowest BCUT2D eigenvalue weighted by molar-refractivity contribution is 0.428. The zero-order chi connectivity index (χ0) is 17.2. The molecule has 0 fully saturated rings. The van der Waals surface area contributed by atoms with Crippen molar-refractivity contribution in [3.8, 4) is 10.6 Å². The van der Waals surface area contributed by atoms with Gasteiger partial charge in [-0.05, 0) is 30.5 Å². The third kappa shape index (κ3) is 3.75. The van der Waals surface area contributed by atoms with Gasteiger partial charge in [-0.25, -0.2) is 13.1 Å². The Kier molecular flexibility index (Phi) is 4.84. The van der Waals surface area contributed by atoms with Crippen molar-refractivity contribution in [3.63, 3.8) is 0 Å². The molecule has 0 aliphatic rings. The van der Waals surface area contributed by atoms with E-state index in [0.717, 1.165) is 16.1 Å². The molecule has 1 aromatic carbocycles. The molecule has 24 heavy (non-hydrogen) atoms. The van der Waals surface area contributed by atoms with E-state index < -0.39 is 10.0 Å². The van der Waals surface area contributed by atoms with E-state index in [4.69, 9.17) is 4.52 Å². The molecule has 0 saturated heterocycles. The molecule has 2 aromatic heterocycles. The fourth-order valence-corrected chi connectivity index (χ4v) is 4.71. The third-order valence-electron chi connectivity index (χ3n) is 3.67. The molecular weight excluding hydrogens is 344 g/mol. The molecule has 1 N–H and O–H groups in total. The van der Waals surface area contributed by atoms with Crippen molar-refractivity contribution in [2.45, 2.75) is 24.0 Å². The maximum absolute atomic E-state index is 12.5. The average Bonchev–Trinajstić information content (AvgIpc) is 3.22. The molecule has 2 heterocycles. The van der Waals surface area contributed by atoms with Gasteiger partial charge in [-0.15, -0.1) is 11.3 Å². The number of hydrogen-bond acceptors (Lipinski definition) is 5. The highest BCUT2D eigenvalue weighted by Crippen LogP contribution is 2.31. The van der Waals surface area contributed by atoms with E-state index >= 15 is 0 Å². The van der Waals surface area contributed by atoms with Gasteiger partial charge in [0.1, 0.15) is 4.21 Å². The maximum Gasteiger partial charge on any atom is 0.250 e. The highest BCUT2D eigenvalue weighted by molar-refractivity contribution is 7.91. The van der Waals surface area contributed by atoms with Crippen LogP contribution in [-0.4, -0.2) is 20.1 Å². The molecule has 7 heteroatoms. The summed E-state index contributed by atoms with van der Waals surface area (Å²) in [6.45, 7) is 4.17. The second-order valence-electron chi connectivity index (χ2n) is 5.61. The second-order valence-corrected chi connectivity index (χ2v) is 8.69. The Morgan fingerprint density at radius 1 is 1.21 bits per heavy atom. The smallest absolute Gasteiger partial charge is 0.250 e. The van der Waals surface area contributed by atoms with Crippen LogP contribution < -0.4 is 4.72 Å². The lowest BCUT2D eigenvalue weighted by atomic mass is 10.0. The minimum atomic E-state index is -3.54. The van der Waals surface area contributed by atoms with Gasteiger partial charge in [0.05, 0.1) is 10.6 Å². The number of aryl methyl sites for hydroxylation is 1. The van der Waals surface area contributed by atoms with Crippen molar-refractivity contribution in [2.75, 3.05) is 6.54 Å². The largest absolute Gasteiger partial charge is 0.355 e. The van der Waals surface area contributed by atoms with E-state index in [0.29, 0.717) is 12.3 Å². The molecule has 0 aliphatic carbocycles. The number of aromatic nitrogens is 1. The van der Waals surface area contributed by atoms with Gasteiger partial charge in [0, 0.05) is 12.6 Å². The summed E-state index contributed by atoms with van der Waals surface area (Å²) in [7, 11) is -3.54. The zero-order valence-electron chi connectivity index (χ0n) is 13.4. The number of nitrogens with one attached hydrogen (secondary N) is 1. The van der Waals surface area contributed by atoms with E-state index in [1.807, 2.05) is 44.2 Å². The van der Waals surface area contributed by atoms with Crippen LogP contribution in [0.15, 0.2) is 57.3 Å². The topological polar surface area (TPSA) is 72.2 Å². The Hall–Kier alpha value is -1.96. The molecule has 3 rings (SSSR count). The molecule has 1 atom stereocenters. The van der Waals surface area contributed by atoms with Crippen LogP contribution in [0, 0.1) is 6.92 Å². The van der Waals surface area contributed by atoms with Crippen molar-refractivity contribution in [3.05, 3.63) is 59.8 Å². The Morgan fingerprint density at radius 3 is 2.62 bits per heavy atom. The van der Waals surface area contributed by atoms with E-state index in [-0.39, 0.29) is 10.1 Å². The first-order valence-corrected chi connectivity index (χ1v) is 9.84. The summed E-state index contributed by atoms with van der Waals surface area (Å²) in [5.74, 6) is 0.675. The molecule has 0 unspecified atom stereocenters. The van der Waals surface area contributed by atoms with E-state index in [9.17, 15) is 8.42 Å². The Morgan fingerprint density at radius 2 is 1.96 bits per heavy atom. The Balaban J connectivity index is 1.71. The summed E-state index contributed by atoms with van der Waals surface area (Å²) in [5, 5.41) is 3.82. The van der Waals surface area contributed by atoms with E-state index in [1.165, 1.54) is 11.3 Å². The van der Waals surface area contributed by atoms with Gasteiger partial charge in [0.2, 0.25) is 10.0 Å². The average molecular weight is 362 g/mol. The summed E-state index contributed by atoms with van der Waals surface area (Å²) in [6.07, 6.45) is 0. The first-order valence-electron chi connectivity index (χ1n) is 7.54. The molecular formula is C17H18N2O3S2. The molecule has 0 aliphatic heterocycles. The molecule has 126 valence electrons. The van der Waals surface area contributed by atoms with Gasteiger partial charge in [-0.2, -0.15) is 0 Å². The third-order valence-corrected chi connectivity index (χ3v) is 6.68. The fourth-order valence-electron chi connectivity index (χ4n) is 2.28. The summed E-state index contributed by atoms with van der Waals surface area (Å²) in [6, 6.07) is 14.9. The molecule has 5 nitrogen and oxygen atoms in total. The van der Waals surface area contributed by atoms with Crippen LogP contribution in [0.3, 0.4) is 0 Å². The molecule has 0 amide bonds. The zero-order valence-corrected chi connectivity index (χ0v) is 15.0. The molecule has 0 radical (unpaired) electrons. The van der Waals surface area contributed by atoms with Crippen molar-refractivity contribution >= 4 is 21.4 Å². The molecule has 0 bridgehead atoms. The van der Waals surface area contributed by atoms with Crippen LogP contribution in [0.2, 0.25) is 0 Å². The minimum absolute atomic E-state index is 0.0948. The quantitative estimate of drug-likeness (QED) is 0.724. The fraction of sp³-hybridized carbons (Fsp3) is 0.235.